The van der Waals surface area contributed by atoms with Gasteiger partial charge in [-0.1, -0.05) is 6.92 Å². The second-order valence-corrected chi connectivity index (χ2v) is 5.26. The lowest BCUT2D eigenvalue weighted by Gasteiger charge is -2.22. The van der Waals surface area contributed by atoms with E-state index in [0.29, 0.717) is 0 Å². The molecule has 0 aliphatic rings. The lowest BCUT2D eigenvalue weighted by atomic mass is 9.96. The number of aryl methyl sites for hydroxylation is 3. The number of aromatic nitrogens is 3. The first kappa shape index (κ1) is 15.6. The average Bonchev–Trinajstić information content (AvgIpc) is 2.71. The van der Waals surface area contributed by atoms with Crippen molar-refractivity contribution in [2.24, 2.45) is 0 Å². The monoisotopic (exact) mass is 263 g/mol. The number of unbranched alkanes of at least 4 members (excludes halogenated alkanes) is 1. The maximum Gasteiger partial charge on any atom is 0.147 e. The van der Waals surface area contributed by atoms with E-state index in [-0.39, 0.29) is 0 Å². The summed E-state index contributed by atoms with van der Waals surface area (Å²) in [5.74, 6) is 1.79. The SMILES string of the molecule is CCCNC(C)(C#N)CCCCn1nc(C)nc1C. The molecule has 1 aromatic heterocycles. The molecule has 0 saturated heterocycles. The van der Waals surface area contributed by atoms with E-state index in [0.717, 1.165) is 50.4 Å². The van der Waals surface area contributed by atoms with Crippen LogP contribution in [0.1, 0.15) is 51.2 Å². The first-order valence-electron chi connectivity index (χ1n) is 7.05. The number of hydrogen-bond acceptors (Lipinski definition) is 4. The predicted octanol–water partition coefficient (Wildman–Crippen LogP) is 2.35. The second-order valence-electron chi connectivity index (χ2n) is 5.26. The third-order valence-electron chi connectivity index (χ3n) is 3.27. The Morgan fingerprint density at radius 1 is 1.37 bits per heavy atom. The Bertz CT molecular complexity index is 432. The smallest absolute Gasteiger partial charge is 0.147 e. The van der Waals surface area contributed by atoms with Gasteiger partial charge in [-0.15, -0.1) is 0 Å². The molecule has 1 N–H and O–H groups in total. The summed E-state index contributed by atoms with van der Waals surface area (Å²) in [5.41, 5.74) is -0.399. The first-order valence-corrected chi connectivity index (χ1v) is 7.05. The maximum atomic E-state index is 9.24. The highest BCUT2D eigenvalue weighted by Crippen LogP contribution is 2.13. The van der Waals surface area contributed by atoms with Crippen LogP contribution in [0.4, 0.5) is 0 Å². The summed E-state index contributed by atoms with van der Waals surface area (Å²) in [6.07, 6.45) is 3.96. The molecule has 1 heterocycles. The molecule has 0 spiro atoms. The summed E-state index contributed by atoms with van der Waals surface area (Å²) in [6.45, 7) is 9.74. The maximum absolute atomic E-state index is 9.24. The van der Waals surface area contributed by atoms with Gasteiger partial charge in [0.1, 0.15) is 17.2 Å². The minimum atomic E-state index is -0.399. The molecule has 5 heteroatoms. The Balaban J connectivity index is 2.33. The lowest BCUT2D eigenvalue weighted by Crippen LogP contribution is -2.41. The van der Waals surface area contributed by atoms with Crippen LogP contribution in [0.2, 0.25) is 0 Å². The Hall–Kier alpha value is -1.41. The van der Waals surface area contributed by atoms with Crippen LogP contribution >= 0.6 is 0 Å². The summed E-state index contributed by atoms with van der Waals surface area (Å²) in [7, 11) is 0. The summed E-state index contributed by atoms with van der Waals surface area (Å²) in [6, 6.07) is 2.38. The molecular weight excluding hydrogens is 238 g/mol. The van der Waals surface area contributed by atoms with Gasteiger partial charge in [-0.05, 0) is 53.0 Å². The number of nitrogens with zero attached hydrogens (tertiary/aromatic N) is 4. The standard InChI is InChI=1S/C14H25N5/c1-5-9-16-14(4,11-15)8-6-7-10-19-13(3)17-12(2)18-19/h16H,5-10H2,1-4H3. The van der Waals surface area contributed by atoms with Crippen molar-refractivity contribution >= 4 is 0 Å². The van der Waals surface area contributed by atoms with Gasteiger partial charge in [0.05, 0.1) is 6.07 Å². The van der Waals surface area contributed by atoms with E-state index in [9.17, 15) is 5.26 Å². The fourth-order valence-corrected chi connectivity index (χ4v) is 2.10. The summed E-state index contributed by atoms with van der Waals surface area (Å²) in [4.78, 5) is 4.28. The van der Waals surface area contributed by atoms with Crippen molar-refractivity contribution in [2.75, 3.05) is 6.54 Å². The van der Waals surface area contributed by atoms with Gasteiger partial charge in [0.15, 0.2) is 0 Å². The molecule has 1 rings (SSSR count). The van der Waals surface area contributed by atoms with E-state index in [1.54, 1.807) is 0 Å². The van der Waals surface area contributed by atoms with Crippen molar-refractivity contribution in [3.63, 3.8) is 0 Å². The van der Waals surface area contributed by atoms with E-state index in [2.05, 4.69) is 28.4 Å². The lowest BCUT2D eigenvalue weighted by molar-refractivity contribution is 0.392. The summed E-state index contributed by atoms with van der Waals surface area (Å²) in [5, 5.41) is 16.9. The molecule has 106 valence electrons. The van der Waals surface area contributed by atoms with E-state index in [1.807, 2.05) is 25.5 Å². The number of nitrogens with one attached hydrogen (secondary N) is 1. The average molecular weight is 263 g/mol. The van der Waals surface area contributed by atoms with Crippen molar-refractivity contribution < 1.29 is 0 Å². The molecule has 1 atom stereocenters. The Morgan fingerprint density at radius 3 is 2.63 bits per heavy atom. The molecule has 5 nitrogen and oxygen atoms in total. The zero-order valence-corrected chi connectivity index (χ0v) is 12.5. The van der Waals surface area contributed by atoms with Gasteiger partial charge in [-0.3, -0.25) is 10.00 Å². The number of rotatable bonds is 8. The van der Waals surface area contributed by atoms with E-state index >= 15 is 0 Å². The van der Waals surface area contributed by atoms with Crippen LogP contribution in [0.3, 0.4) is 0 Å². The van der Waals surface area contributed by atoms with Gasteiger partial charge in [-0.2, -0.15) is 10.4 Å². The highest BCUT2D eigenvalue weighted by molar-refractivity contribution is 5.03. The van der Waals surface area contributed by atoms with Crippen molar-refractivity contribution in [1.29, 1.82) is 5.26 Å². The third kappa shape index (κ3) is 4.99. The molecule has 0 saturated carbocycles. The van der Waals surface area contributed by atoms with E-state index in [1.165, 1.54) is 0 Å². The normalized spacial score (nSPS) is 14.1. The van der Waals surface area contributed by atoms with Gasteiger partial charge in [0.2, 0.25) is 0 Å². The molecule has 0 amide bonds. The van der Waals surface area contributed by atoms with Gasteiger partial charge in [0.25, 0.3) is 0 Å². The Labute approximate surface area is 116 Å². The predicted molar refractivity (Wildman–Crippen MR) is 75.7 cm³/mol. The van der Waals surface area contributed by atoms with E-state index < -0.39 is 5.54 Å². The largest absolute Gasteiger partial charge is 0.300 e. The second kappa shape index (κ2) is 7.25. The molecule has 0 aliphatic heterocycles. The van der Waals surface area contributed by atoms with Crippen molar-refractivity contribution in [2.45, 2.75) is 65.5 Å². The quantitative estimate of drug-likeness (QED) is 0.731. The van der Waals surface area contributed by atoms with E-state index in [4.69, 9.17) is 0 Å². The highest BCUT2D eigenvalue weighted by Gasteiger charge is 2.21. The fourth-order valence-electron chi connectivity index (χ4n) is 2.10. The Kier molecular flexibility index (Phi) is 5.97. The summed E-state index contributed by atoms with van der Waals surface area (Å²) < 4.78 is 1.94. The van der Waals surface area contributed by atoms with Crippen molar-refractivity contribution in [3.8, 4) is 6.07 Å². The highest BCUT2D eigenvalue weighted by atomic mass is 15.3. The molecule has 0 aliphatic carbocycles. The number of hydrogen-bond donors (Lipinski definition) is 1. The Morgan fingerprint density at radius 2 is 2.11 bits per heavy atom. The molecule has 0 fully saturated rings. The van der Waals surface area contributed by atoms with Crippen LogP contribution in [0.25, 0.3) is 0 Å². The summed E-state index contributed by atoms with van der Waals surface area (Å²) >= 11 is 0. The topological polar surface area (TPSA) is 66.5 Å². The van der Waals surface area contributed by atoms with Crippen LogP contribution in [0, 0.1) is 25.2 Å². The van der Waals surface area contributed by atoms with Gasteiger partial charge < -0.3 is 0 Å². The van der Waals surface area contributed by atoms with Crippen molar-refractivity contribution in [3.05, 3.63) is 11.6 Å². The third-order valence-corrected chi connectivity index (χ3v) is 3.27. The molecule has 0 aromatic carbocycles. The molecule has 0 bridgehead atoms. The molecule has 19 heavy (non-hydrogen) atoms. The van der Waals surface area contributed by atoms with Gasteiger partial charge >= 0.3 is 0 Å². The fraction of sp³-hybridized carbons (Fsp3) is 0.786. The zero-order chi connectivity index (χ0) is 14.3. The first-order chi connectivity index (χ1) is 9.00. The van der Waals surface area contributed by atoms with Crippen LogP contribution < -0.4 is 5.32 Å². The minimum absolute atomic E-state index is 0.399. The molecule has 1 unspecified atom stereocenters. The molecular formula is C14H25N5. The van der Waals surface area contributed by atoms with Gasteiger partial charge in [0, 0.05) is 6.54 Å². The zero-order valence-electron chi connectivity index (χ0n) is 12.5. The number of nitriles is 1. The minimum Gasteiger partial charge on any atom is -0.300 e. The molecule has 0 radical (unpaired) electrons. The van der Waals surface area contributed by atoms with Crippen LogP contribution in [0.5, 0.6) is 0 Å². The van der Waals surface area contributed by atoms with Crippen LogP contribution in [-0.2, 0) is 6.54 Å². The van der Waals surface area contributed by atoms with Crippen LogP contribution in [-0.4, -0.2) is 26.8 Å². The van der Waals surface area contributed by atoms with Crippen LogP contribution in [0.15, 0.2) is 0 Å². The molecule has 1 aromatic rings. The van der Waals surface area contributed by atoms with Crippen molar-refractivity contribution in [1.82, 2.24) is 20.1 Å². The van der Waals surface area contributed by atoms with Gasteiger partial charge in [-0.25, -0.2) is 4.98 Å².